The van der Waals surface area contributed by atoms with Gasteiger partial charge in [-0.2, -0.15) is 0 Å². The highest BCUT2D eigenvalue weighted by molar-refractivity contribution is 6.40. The van der Waals surface area contributed by atoms with Crippen LogP contribution in [0.25, 0.3) is 0 Å². The van der Waals surface area contributed by atoms with Crippen molar-refractivity contribution in [1.29, 1.82) is 0 Å². The fourth-order valence-electron chi connectivity index (χ4n) is 3.38. The van der Waals surface area contributed by atoms with Crippen LogP contribution < -0.4 is 10.6 Å². The molecule has 2 amide bonds. The zero-order chi connectivity index (χ0) is 19.4. The largest absolute Gasteiger partial charge is 0.341 e. The number of rotatable bonds is 4. The molecular weight excluding hydrogens is 367 g/mol. The second-order valence-electron chi connectivity index (χ2n) is 6.75. The van der Waals surface area contributed by atoms with Crippen molar-refractivity contribution >= 4 is 29.1 Å². The summed E-state index contributed by atoms with van der Waals surface area (Å²) < 4.78 is 13.2. The van der Waals surface area contributed by atoms with Crippen LogP contribution in [0.5, 0.6) is 0 Å². The predicted molar refractivity (Wildman–Crippen MR) is 104 cm³/mol. The van der Waals surface area contributed by atoms with Gasteiger partial charge in [0.15, 0.2) is 0 Å². The topological polar surface area (TPSA) is 58.2 Å². The minimum absolute atomic E-state index is 0.117. The number of benzene rings is 2. The minimum Gasteiger partial charge on any atom is -0.341 e. The van der Waals surface area contributed by atoms with E-state index < -0.39 is 17.6 Å². The Morgan fingerprint density at radius 2 is 1.81 bits per heavy atom. The molecule has 1 aliphatic carbocycles. The second kappa shape index (κ2) is 8.53. The van der Waals surface area contributed by atoms with Gasteiger partial charge in [-0.1, -0.05) is 36.7 Å². The third-order valence-corrected chi connectivity index (χ3v) is 5.16. The summed E-state index contributed by atoms with van der Waals surface area (Å²) in [6.45, 7) is 1.96. The van der Waals surface area contributed by atoms with Gasteiger partial charge in [0.25, 0.3) is 0 Å². The monoisotopic (exact) mass is 388 g/mol. The second-order valence-corrected chi connectivity index (χ2v) is 7.16. The predicted octanol–water partition coefficient (Wildman–Crippen LogP) is 4.56. The molecule has 0 fully saturated rings. The van der Waals surface area contributed by atoms with E-state index in [9.17, 15) is 14.0 Å². The van der Waals surface area contributed by atoms with Crippen molar-refractivity contribution in [3.8, 4) is 0 Å². The molecule has 0 saturated heterocycles. The highest BCUT2D eigenvalue weighted by Crippen LogP contribution is 2.26. The Morgan fingerprint density at radius 1 is 1.07 bits per heavy atom. The third-order valence-electron chi connectivity index (χ3n) is 4.87. The summed E-state index contributed by atoms with van der Waals surface area (Å²) in [5.74, 6) is -2.13. The van der Waals surface area contributed by atoms with Gasteiger partial charge in [-0.3, -0.25) is 9.59 Å². The molecule has 0 spiro atoms. The van der Waals surface area contributed by atoms with Crippen molar-refractivity contribution in [3.63, 3.8) is 0 Å². The van der Waals surface area contributed by atoms with Crippen LogP contribution in [0, 0.1) is 5.82 Å². The number of carbonyl (C=O) groups excluding carboxylic acids is 2. The fourth-order valence-corrected chi connectivity index (χ4v) is 3.56. The SMILES string of the molecule is CCC(NC(=O)C(=O)Nc1ccc(F)c(Cl)c1)c1ccc2c(c1)CCCC2. The van der Waals surface area contributed by atoms with Gasteiger partial charge in [0.05, 0.1) is 11.1 Å². The van der Waals surface area contributed by atoms with E-state index in [2.05, 4.69) is 22.8 Å². The van der Waals surface area contributed by atoms with Gasteiger partial charge < -0.3 is 10.6 Å². The quantitative estimate of drug-likeness (QED) is 0.754. The molecule has 27 heavy (non-hydrogen) atoms. The van der Waals surface area contributed by atoms with E-state index in [4.69, 9.17) is 11.6 Å². The van der Waals surface area contributed by atoms with Crippen molar-refractivity contribution in [2.75, 3.05) is 5.32 Å². The average molecular weight is 389 g/mol. The number of nitrogens with one attached hydrogen (secondary N) is 2. The Hall–Kier alpha value is -2.40. The molecule has 3 rings (SSSR count). The summed E-state index contributed by atoms with van der Waals surface area (Å²) in [7, 11) is 0. The van der Waals surface area contributed by atoms with Gasteiger partial charge in [0.1, 0.15) is 5.82 Å². The summed E-state index contributed by atoms with van der Waals surface area (Å²) in [4.78, 5) is 24.5. The molecule has 0 aromatic heterocycles. The van der Waals surface area contributed by atoms with Gasteiger partial charge in [-0.15, -0.1) is 0 Å². The van der Waals surface area contributed by atoms with Gasteiger partial charge >= 0.3 is 11.8 Å². The number of aryl methyl sites for hydroxylation is 2. The van der Waals surface area contributed by atoms with E-state index in [1.165, 1.54) is 36.1 Å². The van der Waals surface area contributed by atoms with E-state index in [1.54, 1.807) is 0 Å². The summed E-state index contributed by atoms with van der Waals surface area (Å²) in [5.41, 5.74) is 3.97. The minimum atomic E-state index is -0.811. The van der Waals surface area contributed by atoms with Crippen molar-refractivity contribution in [2.24, 2.45) is 0 Å². The molecule has 0 bridgehead atoms. The maximum atomic E-state index is 13.2. The number of amides is 2. The molecule has 1 unspecified atom stereocenters. The van der Waals surface area contributed by atoms with E-state index in [0.717, 1.165) is 24.5 Å². The molecule has 0 aliphatic heterocycles. The van der Waals surface area contributed by atoms with E-state index in [0.29, 0.717) is 6.42 Å². The molecule has 142 valence electrons. The molecule has 0 heterocycles. The number of fused-ring (bicyclic) bond motifs is 1. The summed E-state index contributed by atoms with van der Waals surface area (Å²) in [6.07, 6.45) is 5.22. The van der Waals surface area contributed by atoms with E-state index >= 15 is 0 Å². The number of hydrogen-bond donors (Lipinski definition) is 2. The number of carbonyl (C=O) groups is 2. The Morgan fingerprint density at radius 3 is 2.52 bits per heavy atom. The molecule has 1 atom stereocenters. The lowest BCUT2D eigenvalue weighted by Gasteiger charge is -2.21. The van der Waals surface area contributed by atoms with Gasteiger partial charge in [-0.25, -0.2) is 4.39 Å². The standard InChI is InChI=1S/C21H22ClFN2O2/c1-2-19(15-8-7-13-5-3-4-6-14(13)11-15)25-21(27)20(26)24-16-9-10-18(23)17(22)12-16/h7-12,19H,2-6H2,1H3,(H,24,26)(H,25,27). The molecule has 6 heteroatoms. The Bertz CT molecular complexity index is 869. The molecule has 1 aliphatic rings. The Balaban J connectivity index is 1.67. The fraction of sp³-hybridized carbons (Fsp3) is 0.333. The number of halogens is 2. The van der Waals surface area contributed by atoms with Crippen LogP contribution in [0.4, 0.5) is 10.1 Å². The van der Waals surface area contributed by atoms with E-state index in [-0.39, 0.29) is 16.8 Å². The highest BCUT2D eigenvalue weighted by atomic mass is 35.5. The molecule has 2 aromatic carbocycles. The van der Waals surface area contributed by atoms with Gasteiger partial charge in [0.2, 0.25) is 0 Å². The van der Waals surface area contributed by atoms with Crippen LogP contribution in [-0.2, 0) is 22.4 Å². The molecule has 4 nitrogen and oxygen atoms in total. The smallest absolute Gasteiger partial charge is 0.313 e. The zero-order valence-corrected chi connectivity index (χ0v) is 15.9. The molecular formula is C21H22ClFN2O2. The zero-order valence-electron chi connectivity index (χ0n) is 15.1. The molecule has 2 N–H and O–H groups in total. The Kier molecular flexibility index (Phi) is 6.11. The summed E-state index contributed by atoms with van der Waals surface area (Å²) in [6, 6.07) is 9.80. The van der Waals surface area contributed by atoms with Crippen LogP contribution in [-0.4, -0.2) is 11.8 Å². The van der Waals surface area contributed by atoms with Crippen LogP contribution >= 0.6 is 11.6 Å². The first-order valence-corrected chi connectivity index (χ1v) is 9.54. The first-order valence-electron chi connectivity index (χ1n) is 9.16. The van der Waals surface area contributed by atoms with Crippen molar-refractivity contribution < 1.29 is 14.0 Å². The summed E-state index contributed by atoms with van der Waals surface area (Å²) in [5, 5.41) is 5.10. The molecule has 0 saturated carbocycles. The van der Waals surface area contributed by atoms with Gasteiger partial charge in [-0.05, 0) is 67.0 Å². The highest BCUT2D eigenvalue weighted by Gasteiger charge is 2.20. The number of anilines is 1. The van der Waals surface area contributed by atoms with E-state index in [1.807, 2.05) is 13.0 Å². The lowest BCUT2D eigenvalue weighted by atomic mass is 9.89. The average Bonchev–Trinajstić information content (AvgIpc) is 2.68. The first-order chi connectivity index (χ1) is 13.0. The summed E-state index contributed by atoms with van der Waals surface area (Å²) >= 11 is 5.69. The maximum Gasteiger partial charge on any atom is 0.313 e. The first kappa shape index (κ1) is 19.4. The maximum absolute atomic E-state index is 13.2. The normalized spacial score (nSPS) is 14.2. The van der Waals surface area contributed by atoms with Crippen LogP contribution in [0.1, 0.15) is 48.9 Å². The van der Waals surface area contributed by atoms with Gasteiger partial charge in [0, 0.05) is 5.69 Å². The molecule has 2 aromatic rings. The van der Waals surface area contributed by atoms with Crippen molar-refractivity contribution in [1.82, 2.24) is 5.32 Å². The number of hydrogen-bond acceptors (Lipinski definition) is 2. The van der Waals surface area contributed by atoms with Crippen LogP contribution in [0.3, 0.4) is 0 Å². The lowest BCUT2D eigenvalue weighted by molar-refractivity contribution is -0.136. The lowest BCUT2D eigenvalue weighted by Crippen LogP contribution is -2.37. The molecule has 0 radical (unpaired) electrons. The van der Waals surface area contributed by atoms with Crippen molar-refractivity contribution in [3.05, 3.63) is 63.9 Å². The third kappa shape index (κ3) is 4.66. The Labute approximate surface area is 163 Å². The van der Waals surface area contributed by atoms with Crippen molar-refractivity contribution in [2.45, 2.75) is 45.1 Å². The van der Waals surface area contributed by atoms with Crippen LogP contribution in [0.15, 0.2) is 36.4 Å². The van der Waals surface area contributed by atoms with Crippen LogP contribution in [0.2, 0.25) is 5.02 Å².